The number of nitro groups is 1. The van der Waals surface area contributed by atoms with E-state index in [0.29, 0.717) is 14.7 Å². The summed E-state index contributed by atoms with van der Waals surface area (Å²) in [5, 5.41) is 11.0. The van der Waals surface area contributed by atoms with Gasteiger partial charge in [-0.2, -0.15) is 13.2 Å². The average Bonchev–Trinajstić information content (AvgIpc) is 2.73. The zero-order valence-electron chi connectivity index (χ0n) is 16.7. The van der Waals surface area contributed by atoms with E-state index >= 15 is 0 Å². The molecule has 0 spiro atoms. The van der Waals surface area contributed by atoms with Crippen LogP contribution in [-0.4, -0.2) is 14.1 Å². The third-order valence-electron chi connectivity index (χ3n) is 4.57. The van der Waals surface area contributed by atoms with Crippen molar-refractivity contribution < 1.29 is 27.2 Å². The molecule has 1 heterocycles. The van der Waals surface area contributed by atoms with Crippen LogP contribution in [0.1, 0.15) is 18.2 Å². The van der Waals surface area contributed by atoms with Crippen molar-refractivity contribution in [3.63, 3.8) is 0 Å². The fraction of sp³-hybridized carbons (Fsp3) is 0.200. The average molecular weight is 532 g/mol. The van der Waals surface area contributed by atoms with Crippen LogP contribution in [0.25, 0.3) is 5.69 Å². The van der Waals surface area contributed by atoms with Crippen molar-refractivity contribution in [2.45, 2.75) is 26.3 Å². The lowest BCUT2D eigenvalue weighted by atomic mass is 10.2. The molecule has 0 atom stereocenters. The normalized spacial score (nSPS) is 11.5. The first-order valence-corrected chi connectivity index (χ1v) is 10.0. The highest BCUT2D eigenvalue weighted by atomic mass is 79.9. The van der Waals surface area contributed by atoms with Gasteiger partial charge in [-0.1, -0.05) is 6.07 Å². The molecule has 2 aromatic carbocycles. The summed E-state index contributed by atoms with van der Waals surface area (Å²) in [5.41, 5.74) is -4.43. The number of rotatable bonds is 6. The van der Waals surface area contributed by atoms with E-state index in [1.807, 2.05) is 0 Å². The molecule has 3 aromatic rings. The Bertz CT molecular complexity index is 1350. The Kier molecular flexibility index (Phi) is 6.72. The first-order chi connectivity index (χ1) is 15.4. The van der Waals surface area contributed by atoms with Crippen LogP contribution in [0.2, 0.25) is 0 Å². The number of hydrogen-bond acceptors (Lipinski definition) is 5. The Labute approximate surface area is 190 Å². The molecule has 0 bridgehead atoms. The van der Waals surface area contributed by atoms with E-state index in [1.54, 1.807) is 6.07 Å². The van der Waals surface area contributed by atoms with Gasteiger partial charge in [0.1, 0.15) is 18.1 Å². The van der Waals surface area contributed by atoms with Crippen LogP contribution in [0.15, 0.2) is 56.5 Å². The zero-order valence-corrected chi connectivity index (χ0v) is 18.3. The second kappa shape index (κ2) is 9.17. The van der Waals surface area contributed by atoms with Crippen LogP contribution >= 0.6 is 15.9 Å². The molecule has 0 saturated heterocycles. The minimum absolute atomic E-state index is 0.0300. The van der Waals surface area contributed by atoms with Crippen LogP contribution in [0, 0.1) is 15.9 Å². The molecule has 0 radical (unpaired) electrons. The highest BCUT2D eigenvalue weighted by molar-refractivity contribution is 9.10. The maximum Gasteiger partial charge on any atom is 0.431 e. The number of nitro benzene ring substituents is 1. The van der Waals surface area contributed by atoms with Gasteiger partial charge in [0.15, 0.2) is 5.82 Å². The second-order valence-corrected chi connectivity index (χ2v) is 7.53. The minimum Gasteiger partial charge on any atom is -0.489 e. The number of ether oxygens (including phenoxy) is 1. The number of halogens is 5. The molecule has 0 aliphatic carbocycles. The molecule has 3 rings (SSSR count). The van der Waals surface area contributed by atoms with Gasteiger partial charge in [0.25, 0.3) is 11.2 Å². The third-order valence-corrected chi connectivity index (χ3v) is 5.24. The monoisotopic (exact) mass is 531 g/mol. The van der Waals surface area contributed by atoms with E-state index in [9.17, 15) is 37.3 Å². The Morgan fingerprint density at radius 1 is 1.12 bits per heavy atom. The first-order valence-electron chi connectivity index (χ1n) is 9.23. The predicted octanol–water partition coefficient (Wildman–Crippen LogP) is 4.43. The fourth-order valence-corrected chi connectivity index (χ4v) is 3.44. The maximum absolute atomic E-state index is 14.7. The second-order valence-electron chi connectivity index (χ2n) is 6.67. The van der Waals surface area contributed by atoms with E-state index in [0.717, 1.165) is 12.1 Å². The van der Waals surface area contributed by atoms with E-state index < -0.39 is 46.1 Å². The quantitative estimate of drug-likeness (QED) is 0.266. The summed E-state index contributed by atoms with van der Waals surface area (Å²) in [6.45, 7) is 0.733. The number of alkyl halides is 3. The van der Waals surface area contributed by atoms with Crippen molar-refractivity contribution in [2.24, 2.45) is 0 Å². The molecule has 0 aliphatic heterocycles. The molecule has 0 saturated carbocycles. The highest BCUT2D eigenvalue weighted by Gasteiger charge is 2.35. The standard InChI is InChI=1S/C20H14BrF4N3O5/c1-2-26-17(20(23,24)25)9-18(29)27(19(26)30)15-6-4-12(8-14(15)22)33-10-11-3-5-13(21)16(7-11)28(31)32/h3-9H,2,10H2,1H3. The van der Waals surface area contributed by atoms with Crippen LogP contribution < -0.4 is 16.0 Å². The summed E-state index contributed by atoms with van der Waals surface area (Å²) in [6.07, 6.45) is -4.94. The van der Waals surface area contributed by atoms with Crippen molar-refractivity contribution >= 4 is 21.6 Å². The third kappa shape index (κ3) is 4.97. The van der Waals surface area contributed by atoms with Crippen LogP contribution in [-0.2, 0) is 19.3 Å². The molecular formula is C20H14BrF4N3O5. The van der Waals surface area contributed by atoms with Crippen molar-refractivity contribution in [1.29, 1.82) is 0 Å². The molecule has 0 unspecified atom stereocenters. The number of aromatic nitrogens is 2. The summed E-state index contributed by atoms with van der Waals surface area (Å²) in [5.74, 6) is -1.12. The molecule has 8 nitrogen and oxygen atoms in total. The Morgan fingerprint density at radius 2 is 1.82 bits per heavy atom. The van der Waals surface area contributed by atoms with Gasteiger partial charge in [-0.15, -0.1) is 0 Å². The maximum atomic E-state index is 14.7. The SMILES string of the molecule is CCn1c(C(F)(F)F)cc(=O)n(-c2ccc(OCc3ccc(Br)c([N+](=O)[O-])c3)cc2F)c1=O. The molecule has 0 N–H and O–H groups in total. The Hall–Kier alpha value is -3.48. The summed E-state index contributed by atoms with van der Waals surface area (Å²) in [4.78, 5) is 35.2. The summed E-state index contributed by atoms with van der Waals surface area (Å²) in [6, 6.07) is 7.59. The van der Waals surface area contributed by atoms with E-state index in [2.05, 4.69) is 15.9 Å². The smallest absolute Gasteiger partial charge is 0.431 e. The van der Waals surface area contributed by atoms with Gasteiger partial charge in [-0.3, -0.25) is 19.5 Å². The van der Waals surface area contributed by atoms with Gasteiger partial charge in [-0.25, -0.2) is 13.8 Å². The van der Waals surface area contributed by atoms with Gasteiger partial charge < -0.3 is 4.74 Å². The van der Waals surface area contributed by atoms with Crippen LogP contribution in [0.3, 0.4) is 0 Å². The van der Waals surface area contributed by atoms with Crippen LogP contribution in [0.5, 0.6) is 5.75 Å². The lowest BCUT2D eigenvalue weighted by Gasteiger charge is -2.16. The fourth-order valence-electron chi connectivity index (χ4n) is 3.05. The van der Waals surface area contributed by atoms with Crippen LogP contribution in [0.4, 0.5) is 23.2 Å². The number of benzene rings is 2. The van der Waals surface area contributed by atoms with Gasteiger partial charge in [0, 0.05) is 24.7 Å². The highest BCUT2D eigenvalue weighted by Crippen LogP contribution is 2.28. The van der Waals surface area contributed by atoms with Crippen molar-refractivity contribution in [3.8, 4) is 11.4 Å². The van der Waals surface area contributed by atoms with E-state index in [4.69, 9.17) is 4.74 Å². The molecule has 0 aliphatic rings. The van der Waals surface area contributed by atoms with Gasteiger partial charge >= 0.3 is 11.9 Å². The molecule has 174 valence electrons. The lowest BCUT2D eigenvalue weighted by Crippen LogP contribution is -2.42. The topological polar surface area (TPSA) is 96.4 Å². The number of nitrogens with zero attached hydrogens (tertiary/aromatic N) is 3. The molecule has 1 aromatic heterocycles. The van der Waals surface area contributed by atoms with Crippen molar-refractivity contribution in [2.75, 3.05) is 0 Å². The Morgan fingerprint density at radius 3 is 2.39 bits per heavy atom. The minimum atomic E-state index is -4.94. The van der Waals surface area contributed by atoms with Gasteiger partial charge in [0.05, 0.1) is 15.1 Å². The summed E-state index contributed by atoms with van der Waals surface area (Å²) < 4.78 is 60.4. The van der Waals surface area contributed by atoms with Gasteiger partial charge in [0.2, 0.25) is 0 Å². The zero-order chi connectivity index (χ0) is 24.5. The Balaban J connectivity index is 1.93. The molecule has 0 fully saturated rings. The number of hydrogen-bond donors (Lipinski definition) is 0. The summed E-state index contributed by atoms with van der Waals surface area (Å²) in [7, 11) is 0. The lowest BCUT2D eigenvalue weighted by molar-refractivity contribution is -0.385. The van der Waals surface area contributed by atoms with Crippen molar-refractivity contribution in [1.82, 2.24) is 9.13 Å². The molecule has 0 amide bonds. The summed E-state index contributed by atoms with van der Waals surface area (Å²) >= 11 is 3.05. The van der Waals surface area contributed by atoms with Gasteiger partial charge in [-0.05, 0) is 46.6 Å². The molecule has 13 heteroatoms. The van der Waals surface area contributed by atoms with Crippen molar-refractivity contribution in [3.05, 3.63) is 95.0 Å². The molecule has 33 heavy (non-hydrogen) atoms. The first kappa shape index (κ1) is 24.2. The van der Waals surface area contributed by atoms with E-state index in [1.165, 1.54) is 25.1 Å². The molecular weight excluding hydrogens is 518 g/mol. The van der Waals surface area contributed by atoms with E-state index in [-0.39, 0.29) is 28.6 Å². The predicted molar refractivity (Wildman–Crippen MR) is 112 cm³/mol. The largest absolute Gasteiger partial charge is 0.489 e.